The Hall–Kier alpha value is -0.670. The van der Waals surface area contributed by atoms with Crippen molar-refractivity contribution in [2.45, 2.75) is 33.2 Å². The zero-order valence-electron chi connectivity index (χ0n) is 12.6. The third kappa shape index (κ3) is 3.92. The molecule has 3 unspecified atom stereocenters. The molecule has 1 aromatic carbocycles. The Bertz CT molecular complexity index is 474. The highest BCUT2D eigenvalue weighted by Gasteiger charge is 2.32. The highest BCUT2D eigenvalue weighted by molar-refractivity contribution is 9.10. The average molecular weight is 338 g/mol. The van der Waals surface area contributed by atoms with Gasteiger partial charge in [0, 0.05) is 29.9 Å². The number of benzene rings is 1. The first kappa shape index (κ1) is 15.7. The summed E-state index contributed by atoms with van der Waals surface area (Å²) in [7, 11) is 2.11. The lowest BCUT2D eigenvalue weighted by atomic mass is 9.74. The van der Waals surface area contributed by atoms with Crippen LogP contribution in [0.5, 0.6) is 0 Å². The molecule has 0 bridgehead atoms. The van der Waals surface area contributed by atoms with Crippen molar-refractivity contribution in [2.75, 3.05) is 13.6 Å². The number of Topliss-reactive ketones (excluding diaryl/α,β-unsaturated/α-hetero) is 1. The zero-order chi connectivity index (χ0) is 14.7. The minimum absolute atomic E-state index is 0.207. The van der Waals surface area contributed by atoms with Crippen LogP contribution >= 0.6 is 15.9 Å². The monoisotopic (exact) mass is 337 g/mol. The van der Waals surface area contributed by atoms with Gasteiger partial charge in [-0.1, -0.05) is 48.0 Å². The first-order valence-corrected chi connectivity index (χ1v) is 8.21. The van der Waals surface area contributed by atoms with Gasteiger partial charge < -0.3 is 4.90 Å². The van der Waals surface area contributed by atoms with Crippen LogP contribution in [-0.2, 0) is 11.3 Å². The molecule has 0 radical (unpaired) electrons. The first-order valence-electron chi connectivity index (χ1n) is 7.42. The molecule has 0 heterocycles. The molecule has 1 aromatic rings. The number of rotatable bonds is 4. The van der Waals surface area contributed by atoms with Gasteiger partial charge in [-0.15, -0.1) is 0 Å². The molecule has 1 saturated carbocycles. The smallest absolute Gasteiger partial charge is 0.137 e. The summed E-state index contributed by atoms with van der Waals surface area (Å²) in [6.45, 7) is 6.17. The average Bonchev–Trinajstić information content (AvgIpc) is 2.36. The van der Waals surface area contributed by atoms with Crippen molar-refractivity contribution in [2.24, 2.45) is 17.8 Å². The Labute approximate surface area is 130 Å². The summed E-state index contributed by atoms with van der Waals surface area (Å²) < 4.78 is 1.14. The van der Waals surface area contributed by atoms with E-state index in [1.165, 1.54) is 12.0 Å². The lowest BCUT2D eigenvalue weighted by Gasteiger charge is -2.34. The van der Waals surface area contributed by atoms with Crippen LogP contribution in [0.1, 0.15) is 32.3 Å². The summed E-state index contributed by atoms with van der Waals surface area (Å²) in [6, 6.07) is 8.29. The molecular weight excluding hydrogens is 314 g/mol. The molecule has 0 saturated heterocycles. The van der Waals surface area contributed by atoms with Crippen molar-refractivity contribution < 1.29 is 4.79 Å². The molecule has 0 N–H and O–H groups in total. The second-order valence-corrected chi connectivity index (χ2v) is 7.24. The van der Waals surface area contributed by atoms with Crippen LogP contribution in [0.3, 0.4) is 0 Å². The van der Waals surface area contributed by atoms with Gasteiger partial charge in [0.1, 0.15) is 5.78 Å². The molecule has 2 nitrogen and oxygen atoms in total. The molecule has 1 fully saturated rings. The van der Waals surface area contributed by atoms with Gasteiger partial charge in [-0.2, -0.15) is 0 Å². The van der Waals surface area contributed by atoms with E-state index < -0.39 is 0 Å². The van der Waals surface area contributed by atoms with E-state index in [1.54, 1.807) is 0 Å². The Morgan fingerprint density at radius 1 is 1.30 bits per heavy atom. The third-order valence-electron chi connectivity index (χ3n) is 4.33. The van der Waals surface area contributed by atoms with E-state index in [9.17, 15) is 4.79 Å². The second kappa shape index (κ2) is 6.86. The van der Waals surface area contributed by atoms with E-state index in [2.05, 4.69) is 59.9 Å². The van der Waals surface area contributed by atoms with Gasteiger partial charge in [-0.05, 0) is 36.9 Å². The fourth-order valence-corrected chi connectivity index (χ4v) is 3.70. The van der Waals surface area contributed by atoms with Crippen molar-refractivity contribution >= 4 is 21.7 Å². The number of hydrogen-bond donors (Lipinski definition) is 0. The first-order chi connectivity index (χ1) is 9.47. The van der Waals surface area contributed by atoms with E-state index in [0.29, 0.717) is 17.6 Å². The highest BCUT2D eigenvalue weighted by Crippen LogP contribution is 2.31. The maximum atomic E-state index is 12.2. The van der Waals surface area contributed by atoms with Gasteiger partial charge in [-0.25, -0.2) is 0 Å². The van der Waals surface area contributed by atoms with Crippen LogP contribution in [0.4, 0.5) is 0 Å². The van der Waals surface area contributed by atoms with Crippen molar-refractivity contribution in [3.8, 4) is 0 Å². The molecular formula is C17H24BrNO. The van der Waals surface area contributed by atoms with Crippen molar-refractivity contribution in [1.29, 1.82) is 0 Å². The summed E-state index contributed by atoms with van der Waals surface area (Å²) in [6.07, 6.45) is 1.94. The van der Waals surface area contributed by atoms with Gasteiger partial charge in [0.15, 0.2) is 0 Å². The summed E-state index contributed by atoms with van der Waals surface area (Å²) in [5.74, 6) is 1.73. The largest absolute Gasteiger partial charge is 0.301 e. The number of ketones is 1. The van der Waals surface area contributed by atoms with Gasteiger partial charge in [0.25, 0.3) is 0 Å². The fourth-order valence-electron chi connectivity index (χ4n) is 3.29. The second-order valence-electron chi connectivity index (χ2n) is 6.38. The van der Waals surface area contributed by atoms with E-state index >= 15 is 0 Å². The van der Waals surface area contributed by atoms with Gasteiger partial charge >= 0.3 is 0 Å². The fraction of sp³-hybridized carbons (Fsp3) is 0.588. The van der Waals surface area contributed by atoms with Crippen molar-refractivity contribution in [1.82, 2.24) is 4.90 Å². The Balaban J connectivity index is 1.96. The number of hydrogen-bond acceptors (Lipinski definition) is 2. The van der Waals surface area contributed by atoms with Crippen LogP contribution in [0, 0.1) is 17.8 Å². The zero-order valence-corrected chi connectivity index (χ0v) is 14.2. The van der Waals surface area contributed by atoms with Crippen LogP contribution in [0.25, 0.3) is 0 Å². The summed E-state index contributed by atoms with van der Waals surface area (Å²) in [5, 5.41) is 0. The molecule has 1 aliphatic rings. The molecule has 1 aliphatic carbocycles. The molecule has 0 spiro atoms. The topological polar surface area (TPSA) is 20.3 Å². The molecule has 110 valence electrons. The summed E-state index contributed by atoms with van der Waals surface area (Å²) in [5.41, 5.74) is 1.28. The van der Waals surface area contributed by atoms with Gasteiger partial charge in [0.05, 0.1) is 0 Å². The Kier molecular flexibility index (Phi) is 5.39. The molecule has 2 rings (SSSR count). The minimum atomic E-state index is 0.207. The maximum absolute atomic E-state index is 12.2. The predicted molar refractivity (Wildman–Crippen MR) is 86.5 cm³/mol. The summed E-state index contributed by atoms with van der Waals surface area (Å²) >= 11 is 3.59. The number of halogens is 1. The molecule has 20 heavy (non-hydrogen) atoms. The van der Waals surface area contributed by atoms with Gasteiger partial charge in [-0.3, -0.25) is 4.79 Å². The Morgan fingerprint density at radius 2 is 2.00 bits per heavy atom. The summed E-state index contributed by atoms with van der Waals surface area (Å²) in [4.78, 5) is 14.5. The molecule has 0 aliphatic heterocycles. The van der Waals surface area contributed by atoms with Crippen molar-refractivity contribution in [3.63, 3.8) is 0 Å². The third-order valence-corrected chi connectivity index (χ3v) is 5.10. The highest BCUT2D eigenvalue weighted by atomic mass is 79.9. The molecule has 0 aromatic heterocycles. The van der Waals surface area contributed by atoms with Crippen LogP contribution in [-0.4, -0.2) is 24.3 Å². The number of carbonyl (C=O) groups excluding carboxylic acids is 1. The predicted octanol–water partition coefficient (Wildman–Crippen LogP) is 4.13. The van der Waals surface area contributed by atoms with Gasteiger partial charge in [0.2, 0.25) is 0 Å². The Morgan fingerprint density at radius 3 is 2.65 bits per heavy atom. The standard InChI is InChI=1S/C17H24BrNO/c1-12-8-13(2)15(17(20)9-12)11-19(3)10-14-6-4-5-7-16(14)18/h4-7,12-13,15H,8-11H2,1-3H3. The molecule has 3 atom stereocenters. The minimum Gasteiger partial charge on any atom is -0.301 e. The quantitative estimate of drug-likeness (QED) is 0.823. The lowest BCUT2D eigenvalue weighted by molar-refractivity contribution is -0.128. The number of carbonyl (C=O) groups is 1. The maximum Gasteiger partial charge on any atom is 0.137 e. The van der Waals surface area contributed by atoms with Crippen LogP contribution in [0.15, 0.2) is 28.7 Å². The number of nitrogens with zero attached hydrogens (tertiary/aromatic N) is 1. The van der Waals surface area contributed by atoms with Crippen LogP contribution in [0.2, 0.25) is 0 Å². The van der Waals surface area contributed by atoms with E-state index in [-0.39, 0.29) is 5.92 Å². The van der Waals surface area contributed by atoms with Crippen molar-refractivity contribution in [3.05, 3.63) is 34.3 Å². The van der Waals surface area contributed by atoms with Crippen LogP contribution < -0.4 is 0 Å². The molecule has 3 heteroatoms. The molecule has 0 amide bonds. The normalized spacial score (nSPS) is 27.1. The SMILES string of the molecule is CC1CC(=O)C(CN(C)Cc2ccccc2Br)C(C)C1. The lowest BCUT2D eigenvalue weighted by Crippen LogP contribution is -2.38. The van der Waals surface area contributed by atoms with E-state index in [0.717, 1.165) is 24.0 Å². The van der Waals surface area contributed by atoms with E-state index in [1.807, 2.05) is 6.07 Å². The van der Waals surface area contributed by atoms with E-state index in [4.69, 9.17) is 0 Å².